The van der Waals surface area contributed by atoms with Crippen LogP contribution in [0.1, 0.15) is 5.56 Å². The van der Waals surface area contributed by atoms with Gasteiger partial charge in [-0.2, -0.15) is 0 Å². The van der Waals surface area contributed by atoms with E-state index in [2.05, 4.69) is 4.52 Å². The molecular formula is C7H7ClO3P+. The lowest BCUT2D eigenvalue weighted by Crippen LogP contribution is -1.84. The Kier molecular flexibility index (Phi) is 3.48. The summed E-state index contributed by atoms with van der Waals surface area (Å²) in [5, 5.41) is 9.21. The van der Waals surface area contributed by atoms with Crippen LogP contribution in [0.25, 0.3) is 0 Å². The Morgan fingerprint density at radius 2 is 2.17 bits per heavy atom. The number of benzene rings is 1. The van der Waals surface area contributed by atoms with E-state index in [1.807, 2.05) is 0 Å². The van der Waals surface area contributed by atoms with Gasteiger partial charge in [-0.1, -0.05) is 18.2 Å². The van der Waals surface area contributed by atoms with Crippen molar-refractivity contribution in [2.24, 2.45) is 0 Å². The molecule has 1 rings (SSSR count). The second-order valence-corrected chi connectivity index (χ2v) is 3.63. The highest BCUT2D eigenvalue weighted by atomic mass is 35.7. The number of phenolic OH excluding ortho intramolecular Hbond substituents is 1. The van der Waals surface area contributed by atoms with Gasteiger partial charge < -0.3 is 5.11 Å². The van der Waals surface area contributed by atoms with Crippen LogP contribution in [0, 0.1) is 0 Å². The molecule has 0 bridgehead atoms. The van der Waals surface area contributed by atoms with E-state index >= 15 is 0 Å². The summed E-state index contributed by atoms with van der Waals surface area (Å²) in [6.07, 6.45) is 0. The number of aromatic hydroxyl groups is 1. The molecule has 0 aliphatic heterocycles. The van der Waals surface area contributed by atoms with E-state index in [1.165, 1.54) is 6.07 Å². The highest BCUT2D eigenvalue weighted by Gasteiger charge is 2.13. The van der Waals surface area contributed by atoms with Crippen molar-refractivity contribution in [2.45, 2.75) is 6.61 Å². The Morgan fingerprint density at radius 1 is 1.50 bits per heavy atom. The van der Waals surface area contributed by atoms with Crippen LogP contribution in [0.4, 0.5) is 0 Å². The van der Waals surface area contributed by atoms with E-state index in [-0.39, 0.29) is 12.4 Å². The molecule has 3 nitrogen and oxygen atoms in total. The summed E-state index contributed by atoms with van der Waals surface area (Å²) in [6, 6.07) is 6.64. The maximum atomic E-state index is 10.3. The van der Waals surface area contributed by atoms with Gasteiger partial charge >= 0.3 is 7.38 Å². The lowest BCUT2D eigenvalue weighted by Gasteiger charge is -1.97. The van der Waals surface area contributed by atoms with Crippen LogP contribution in [-0.2, 0) is 15.7 Å². The third-order valence-electron chi connectivity index (χ3n) is 1.31. The van der Waals surface area contributed by atoms with E-state index < -0.39 is 7.38 Å². The first kappa shape index (κ1) is 9.46. The summed E-state index contributed by atoms with van der Waals surface area (Å²) in [6.45, 7) is 0.0609. The molecule has 1 N–H and O–H groups in total. The first-order valence-corrected chi connectivity index (χ1v) is 5.31. The summed E-state index contributed by atoms with van der Waals surface area (Å²) in [5.74, 6) is 0.117. The molecule has 1 atom stereocenters. The molecule has 0 amide bonds. The number of phenols is 1. The van der Waals surface area contributed by atoms with Crippen molar-refractivity contribution in [3.05, 3.63) is 29.8 Å². The molecule has 64 valence electrons. The van der Waals surface area contributed by atoms with E-state index in [0.29, 0.717) is 5.56 Å². The van der Waals surface area contributed by atoms with E-state index in [4.69, 9.17) is 11.2 Å². The van der Waals surface area contributed by atoms with Gasteiger partial charge in [0.25, 0.3) is 0 Å². The van der Waals surface area contributed by atoms with E-state index in [0.717, 1.165) is 0 Å². The Morgan fingerprint density at radius 3 is 2.75 bits per heavy atom. The summed E-state index contributed by atoms with van der Waals surface area (Å²) < 4.78 is 15.0. The second-order valence-electron chi connectivity index (χ2n) is 2.11. The molecule has 0 heterocycles. The van der Waals surface area contributed by atoms with Crippen LogP contribution in [0.5, 0.6) is 5.75 Å². The van der Waals surface area contributed by atoms with Gasteiger partial charge in [0.2, 0.25) is 11.2 Å². The van der Waals surface area contributed by atoms with Crippen molar-refractivity contribution < 1.29 is 14.2 Å². The molecule has 5 heteroatoms. The first-order valence-electron chi connectivity index (χ1n) is 3.23. The van der Waals surface area contributed by atoms with Crippen molar-refractivity contribution in [3.8, 4) is 5.75 Å². The number of para-hydroxylation sites is 1. The number of rotatable bonds is 3. The van der Waals surface area contributed by atoms with Crippen molar-refractivity contribution in [1.82, 2.24) is 0 Å². The maximum absolute atomic E-state index is 10.3. The van der Waals surface area contributed by atoms with Gasteiger partial charge in [0, 0.05) is 5.56 Å². The zero-order valence-electron chi connectivity index (χ0n) is 6.11. The van der Waals surface area contributed by atoms with Crippen molar-refractivity contribution in [3.63, 3.8) is 0 Å². The average Bonchev–Trinajstić information content (AvgIpc) is 2.03. The molecule has 1 aromatic rings. The zero-order valence-corrected chi connectivity index (χ0v) is 7.76. The molecule has 1 aromatic carbocycles. The molecule has 0 spiro atoms. The van der Waals surface area contributed by atoms with Crippen LogP contribution in [-0.4, -0.2) is 5.11 Å². The fourth-order valence-corrected chi connectivity index (χ4v) is 1.14. The summed E-state index contributed by atoms with van der Waals surface area (Å²) in [5.41, 5.74) is 0.571. The number of halogens is 1. The lowest BCUT2D eigenvalue weighted by molar-refractivity contribution is 0.320. The summed E-state index contributed by atoms with van der Waals surface area (Å²) in [7, 11) is -2.13. The molecule has 0 aromatic heterocycles. The molecule has 0 radical (unpaired) electrons. The summed E-state index contributed by atoms with van der Waals surface area (Å²) in [4.78, 5) is 0. The molecule has 0 aliphatic carbocycles. The van der Waals surface area contributed by atoms with Crippen LogP contribution in [0.3, 0.4) is 0 Å². The fourth-order valence-electron chi connectivity index (χ4n) is 0.753. The van der Waals surface area contributed by atoms with Gasteiger partial charge in [0.15, 0.2) is 0 Å². The van der Waals surface area contributed by atoms with Crippen LogP contribution in [0.2, 0.25) is 0 Å². The minimum absolute atomic E-state index is 0.0609. The van der Waals surface area contributed by atoms with Gasteiger partial charge in [-0.05, 0) is 10.6 Å². The Balaban J connectivity index is 2.63. The molecule has 0 fully saturated rings. The molecule has 12 heavy (non-hydrogen) atoms. The van der Waals surface area contributed by atoms with Crippen LogP contribution >= 0.6 is 18.6 Å². The fraction of sp³-hybridized carbons (Fsp3) is 0.143. The quantitative estimate of drug-likeness (QED) is 0.772. The topological polar surface area (TPSA) is 46.5 Å². The average molecular weight is 206 g/mol. The number of hydrogen-bond acceptors (Lipinski definition) is 3. The van der Waals surface area contributed by atoms with Gasteiger partial charge in [0.1, 0.15) is 12.4 Å². The lowest BCUT2D eigenvalue weighted by atomic mass is 10.2. The summed E-state index contributed by atoms with van der Waals surface area (Å²) >= 11 is 5.09. The Labute approximate surface area is 75.6 Å². The predicted octanol–water partition coefficient (Wildman–Crippen LogP) is 2.81. The van der Waals surface area contributed by atoms with E-state index in [1.54, 1.807) is 18.2 Å². The third-order valence-corrected chi connectivity index (χ3v) is 1.94. The minimum atomic E-state index is -2.13. The highest BCUT2D eigenvalue weighted by Crippen LogP contribution is 2.30. The van der Waals surface area contributed by atoms with Gasteiger partial charge in [-0.15, -0.1) is 4.52 Å². The largest absolute Gasteiger partial charge is 0.634 e. The van der Waals surface area contributed by atoms with Crippen molar-refractivity contribution in [1.29, 1.82) is 0 Å². The minimum Gasteiger partial charge on any atom is -0.508 e. The standard InChI is InChI=1S/C7H6ClO3P/c8-12(10)11-5-6-3-1-2-4-7(6)9/h1-4H,5H2/p+1. The maximum Gasteiger partial charge on any atom is 0.634 e. The molecule has 0 saturated heterocycles. The third kappa shape index (κ3) is 2.78. The SMILES string of the molecule is O=[P+](Cl)OCc1ccccc1O. The molecule has 0 saturated carbocycles. The zero-order chi connectivity index (χ0) is 8.97. The Hall–Kier alpha value is -0.630. The number of hydrogen-bond donors (Lipinski definition) is 1. The first-order chi connectivity index (χ1) is 5.70. The van der Waals surface area contributed by atoms with Crippen LogP contribution in [0.15, 0.2) is 24.3 Å². The predicted molar refractivity (Wildman–Crippen MR) is 46.4 cm³/mol. The second kappa shape index (κ2) is 4.41. The van der Waals surface area contributed by atoms with E-state index in [9.17, 15) is 9.67 Å². The molecule has 0 aliphatic rings. The van der Waals surface area contributed by atoms with Gasteiger partial charge in [0.05, 0.1) is 0 Å². The smallest absolute Gasteiger partial charge is 0.508 e. The van der Waals surface area contributed by atoms with Crippen LogP contribution < -0.4 is 0 Å². The van der Waals surface area contributed by atoms with Gasteiger partial charge in [-0.25, -0.2) is 0 Å². The normalized spacial score (nSPS) is 11.2. The monoisotopic (exact) mass is 205 g/mol. The highest BCUT2D eigenvalue weighted by molar-refractivity contribution is 7.69. The Bertz CT molecular complexity index is 290. The molecule has 1 unspecified atom stereocenters. The van der Waals surface area contributed by atoms with Crippen molar-refractivity contribution >= 4 is 18.6 Å². The molecular weight excluding hydrogens is 199 g/mol. The van der Waals surface area contributed by atoms with Crippen molar-refractivity contribution in [2.75, 3.05) is 0 Å². The van der Waals surface area contributed by atoms with Gasteiger partial charge in [-0.3, -0.25) is 0 Å².